The number of carbonyl (C=O) groups is 1. The van der Waals surface area contributed by atoms with Gasteiger partial charge in [-0.15, -0.1) is 5.10 Å². The van der Waals surface area contributed by atoms with Crippen LogP contribution in [0.4, 0.5) is 0 Å². The molecule has 0 saturated heterocycles. The highest BCUT2D eigenvalue weighted by Crippen LogP contribution is 2.60. The Bertz CT molecular complexity index is 993. The fourth-order valence-corrected chi connectivity index (χ4v) is 6.44. The standard InChI is InChI=1S/C24H26N4O2/c1-2-30-23(29)20(14-25)10-16-3-5-21(6-4-16)28-22(15-26-27-28)24-11-17-7-18(12-24)9-19(8-17)13-24/h3-6,10,15,17-19H,2,7-9,11-13H2,1H3/b20-10+. The Kier molecular flexibility index (Phi) is 4.69. The molecule has 0 spiro atoms. The average molecular weight is 402 g/mol. The lowest BCUT2D eigenvalue weighted by Gasteiger charge is -2.56. The van der Waals surface area contributed by atoms with E-state index in [-0.39, 0.29) is 17.6 Å². The van der Waals surface area contributed by atoms with Gasteiger partial charge < -0.3 is 4.74 Å². The van der Waals surface area contributed by atoms with E-state index in [0.29, 0.717) is 0 Å². The molecule has 154 valence electrons. The van der Waals surface area contributed by atoms with Crippen LogP contribution in [0.25, 0.3) is 11.8 Å². The first kappa shape index (κ1) is 19.0. The Labute approximate surface area is 176 Å². The van der Waals surface area contributed by atoms with E-state index in [2.05, 4.69) is 10.3 Å². The lowest BCUT2D eigenvalue weighted by Crippen LogP contribution is -2.49. The maximum atomic E-state index is 11.8. The molecule has 4 aliphatic carbocycles. The van der Waals surface area contributed by atoms with E-state index >= 15 is 0 Å². The lowest BCUT2D eigenvalue weighted by atomic mass is 9.49. The summed E-state index contributed by atoms with van der Waals surface area (Å²) in [5.74, 6) is 1.99. The zero-order valence-corrected chi connectivity index (χ0v) is 17.3. The van der Waals surface area contributed by atoms with Crippen LogP contribution < -0.4 is 0 Å². The summed E-state index contributed by atoms with van der Waals surface area (Å²) < 4.78 is 6.93. The molecule has 0 unspecified atom stereocenters. The summed E-state index contributed by atoms with van der Waals surface area (Å²) in [6, 6.07) is 9.67. The third-order valence-corrected chi connectivity index (χ3v) is 7.20. The molecule has 1 heterocycles. The van der Waals surface area contributed by atoms with Gasteiger partial charge in [0.25, 0.3) is 0 Å². The van der Waals surface area contributed by atoms with Crippen molar-refractivity contribution in [2.24, 2.45) is 17.8 Å². The van der Waals surface area contributed by atoms with E-state index in [1.807, 2.05) is 41.2 Å². The molecular weight excluding hydrogens is 376 g/mol. The van der Waals surface area contributed by atoms with E-state index in [0.717, 1.165) is 29.0 Å². The maximum Gasteiger partial charge on any atom is 0.348 e. The van der Waals surface area contributed by atoms with Gasteiger partial charge in [0.15, 0.2) is 0 Å². The summed E-state index contributed by atoms with van der Waals surface area (Å²) in [4.78, 5) is 11.8. The number of ether oxygens (including phenoxy) is 1. The molecule has 0 aliphatic heterocycles. The molecular formula is C24H26N4O2. The first-order valence-corrected chi connectivity index (χ1v) is 10.9. The molecule has 0 N–H and O–H groups in total. The Hall–Kier alpha value is -2.94. The van der Waals surface area contributed by atoms with Crippen molar-refractivity contribution in [3.8, 4) is 11.8 Å². The Balaban J connectivity index is 1.43. The Morgan fingerprint density at radius 2 is 1.83 bits per heavy atom. The van der Waals surface area contributed by atoms with Crippen molar-refractivity contribution >= 4 is 12.0 Å². The number of aromatic nitrogens is 3. The van der Waals surface area contributed by atoms with Crippen LogP contribution in [0.3, 0.4) is 0 Å². The van der Waals surface area contributed by atoms with Gasteiger partial charge >= 0.3 is 5.97 Å². The van der Waals surface area contributed by atoms with Crippen LogP contribution in [0.1, 0.15) is 56.7 Å². The highest BCUT2D eigenvalue weighted by atomic mass is 16.5. The average Bonchev–Trinajstić information content (AvgIpc) is 3.22. The summed E-state index contributed by atoms with van der Waals surface area (Å²) in [6.07, 6.45) is 11.5. The number of hydrogen-bond donors (Lipinski definition) is 0. The molecule has 6 rings (SSSR count). The predicted octanol–water partition coefficient (Wildman–Crippen LogP) is 4.21. The summed E-state index contributed by atoms with van der Waals surface area (Å²) in [5.41, 5.74) is 3.20. The SMILES string of the molecule is CCOC(=O)/C(C#N)=C/c1ccc(-n2nncc2C23CC4CC(CC(C4)C2)C3)cc1. The quantitative estimate of drug-likeness (QED) is 0.425. The lowest BCUT2D eigenvalue weighted by molar-refractivity contribution is -0.137. The molecule has 1 aromatic carbocycles. The number of nitriles is 1. The summed E-state index contributed by atoms with van der Waals surface area (Å²) >= 11 is 0. The van der Waals surface area contributed by atoms with Crippen LogP contribution in [-0.2, 0) is 14.9 Å². The molecule has 4 bridgehead atoms. The van der Waals surface area contributed by atoms with E-state index in [9.17, 15) is 10.1 Å². The summed E-state index contributed by atoms with van der Waals surface area (Å²) in [7, 11) is 0. The zero-order chi connectivity index (χ0) is 20.7. The molecule has 1 aromatic heterocycles. The van der Waals surface area contributed by atoms with Crippen molar-refractivity contribution < 1.29 is 9.53 Å². The maximum absolute atomic E-state index is 11.8. The fourth-order valence-electron chi connectivity index (χ4n) is 6.44. The monoisotopic (exact) mass is 402 g/mol. The van der Waals surface area contributed by atoms with Crippen LogP contribution in [0.2, 0.25) is 0 Å². The largest absolute Gasteiger partial charge is 0.462 e. The second-order valence-corrected chi connectivity index (χ2v) is 9.21. The minimum absolute atomic E-state index is 0.000359. The minimum Gasteiger partial charge on any atom is -0.462 e. The first-order chi connectivity index (χ1) is 14.6. The number of esters is 1. The van der Waals surface area contributed by atoms with Gasteiger partial charge in [-0.05, 0) is 87.0 Å². The number of rotatable bonds is 5. The van der Waals surface area contributed by atoms with Crippen LogP contribution in [0.5, 0.6) is 0 Å². The molecule has 2 aromatic rings. The van der Waals surface area contributed by atoms with Gasteiger partial charge in [0.2, 0.25) is 0 Å². The third-order valence-electron chi connectivity index (χ3n) is 7.20. The van der Waals surface area contributed by atoms with Crippen molar-refractivity contribution in [2.45, 2.75) is 50.9 Å². The van der Waals surface area contributed by atoms with E-state index in [4.69, 9.17) is 4.74 Å². The van der Waals surface area contributed by atoms with Gasteiger partial charge in [-0.3, -0.25) is 0 Å². The molecule has 6 nitrogen and oxygen atoms in total. The van der Waals surface area contributed by atoms with E-state index in [1.165, 1.54) is 44.2 Å². The molecule has 0 atom stereocenters. The molecule has 0 radical (unpaired) electrons. The molecule has 4 aliphatic rings. The number of carbonyl (C=O) groups excluding carboxylic acids is 1. The van der Waals surface area contributed by atoms with Crippen LogP contribution in [0, 0.1) is 29.1 Å². The highest BCUT2D eigenvalue weighted by molar-refractivity contribution is 5.97. The van der Waals surface area contributed by atoms with Gasteiger partial charge in [-0.25, -0.2) is 9.48 Å². The number of nitrogens with zero attached hydrogens (tertiary/aromatic N) is 4. The van der Waals surface area contributed by atoms with E-state index < -0.39 is 5.97 Å². The predicted molar refractivity (Wildman–Crippen MR) is 111 cm³/mol. The third kappa shape index (κ3) is 3.23. The van der Waals surface area contributed by atoms with Gasteiger partial charge in [0, 0.05) is 5.41 Å². The number of benzene rings is 1. The second kappa shape index (κ2) is 7.39. The van der Waals surface area contributed by atoms with Crippen LogP contribution >= 0.6 is 0 Å². The second-order valence-electron chi connectivity index (χ2n) is 9.21. The van der Waals surface area contributed by atoms with Crippen molar-refractivity contribution in [3.05, 3.63) is 47.3 Å². The smallest absolute Gasteiger partial charge is 0.348 e. The normalized spacial score (nSPS) is 29.6. The topological polar surface area (TPSA) is 80.8 Å². The van der Waals surface area contributed by atoms with Crippen molar-refractivity contribution in [1.82, 2.24) is 15.0 Å². The molecule has 6 heteroatoms. The fraction of sp³-hybridized carbons (Fsp3) is 0.500. The molecule has 4 saturated carbocycles. The Morgan fingerprint density at radius 3 is 2.40 bits per heavy atom. The van der Waals surface area contributed by atoms with E-state index in [1.54, 1.807) is 13.0 Å². The van der Waals surface area contributed by atoms with Gasteiger partial charge in [0.1, 0.15) is 11.6 Å². The van der Waals surface area contributed by atoms with Gasteiger partial charge in [-0.2, -0.15) is 5.26 Å². The first-order valence-electron chi connectivity index (χ1n) is 10.9. The summed E-state index contributed by atoms with van der Waals surface area (Å²) in [6.45, 7) is 1.97. The highest BCUT2D eigenvalue weighted by Gasteiger charge is 2.53. The Morgan fingerprint density at radius 1 is 1.20 bits per heavy atom. The molecule has 0 amide bonds. The minimum atomic E-state index is -0.593. The van der Waals surface area contributed by atoms with Crippen LogP contribution in [-0.4, -0.2) is 27.6 Å². The van der Waals surface area contributed by atoms with Crippen molar-refractivity contribution in [1.29, 1.82) is 5.26 Å². The van der Waals surface area contributed by atoms with Gasteiger partial charge in [0.05, 0.1) is 24.2 Å². The van der Waals surface area contributed by atoms with Crippen LogP contribution in [0.15, 0.2) is 36.0 Å². The molecule has 4 fully saturated rings. The number of hydrogen-bond acceptors (Lipinski definition) is 5. The van der Waals surface area contributed by atoms with Crippen molar-refractivity contribution in [3.63, 3.8) is 0 Å². The van der Waals surface area contributed by atoms with Crippen molar-refractivity contribution in [2.75, 3.05) is 6.61 Å². The van der Waals surface area contributed by atoms with Gasteiger partial charge in [-0.1, -0.05) is 17.3 Å². The molecule has 30 heavy (non-hydrogen) atoms. The zero-order valence-electron chi connectivity index (χ0n) is 17.3. The summed E-state index contributed by atoms with van der Waals surface area (Å²) in [5, 5.41) is 17.9.